The third kappa shape index (κ3) is 4.97. The molecule has 0 radical (unpaired) electrons. The van der Waals surface area contributed by atoms with Crippen molar-refractivity contribution in [3.05, 3.63) is 71.9 Å². The zero-order valence-corrected chi connectivity index (χ0v) is 17.3. The maximum Gasteiger partial charge on any atom is 0.217 e. The molecule has 8 heteroatoms. The highest BCUT2D eigenvalue weighted by Crippen LogP contribution is 2.31. The van der Waals surface area contributed by atoms with E-state index in [0.717, 1.165) is 19.1 Å². The molecule has 7 nitrogen and oxygen atoms in total. The van der Waals surface area contributed by atoms with Gasteiger partial charge in [-0.15, -0.1) is 0 Å². The lowest BCUT2D eigenvalue weighted by Crippen LogP contribution is -2.28. The number of hydrazone groups is 1. The highest BCUT2D eigenvalue weighted by molar-refractivity contribution is 7.80. The van der Waals surface area contributed by atoms with Crippen LogP contribution in [0.4, 0.5) is 5.69 Å². The monoisotopic (exact) mass is 413 g/mol. The number of nitrogens with zero attached hydrogens (tertiary/aromatic N) is 3. The molecule has 2 aromatic carbocycles. The fourth-order valence-corrected chi connectivity index (χ4v) is 3.35. The van der Waals surface area contributed by atoms with Gasteiger partial charge in [-0.2, -0.15) is 5.10 Å². The summed E-state index contributed by atoms with van der Waals surface area (Å²) in [6.07, 6.45) is 5.13. The third-order valence-corrected chi connectivity index (χ3v) is 5.18. The third-order valence-electron chi connectivity index (χ3n) is 4.77. The molecule has 3 aromatic rings. The molecule has 0 saturated carbocycles. The first kappa shape index (κ1) is 20.9. The summed E-state index contributed by atoms with van der Waals surface area (Å²) >= 11 is 0. The number of rotatable bonds is 3. The summed E-state index contributed by atoms with van der Waals surface area (Å²) in [4.78, 5) is 0. The number of para-hydroxylation sites is 2. The van der Waals surface area contributed by atoms with Gasteiger partial charge in [-0.3, -0.25) is 9.19 Å². The van der Waals surface area contributed by atoms with Crippen LogP contribution in [0.15, 0.2) is 65.9 Å². The molecule has 0 N–H and O–H groups in total. The molecule has 1 atom stereocenters. The SMILES string of the molecule is CC1Cc2ccccc2N1/N=C/c1cc[n+](C)c2ccccc12.COS(=O)(=O)[O-]. The number of anilines is 1. The molecule has 29 heavy (non-hydrogen) atoms. The van der Waals surface area contributed by atoms with Crippen molar-refractivity contribution in [1.29, 1.82) is 0 Å². The van der Waals surface area contributed by atoms with Crippen LogP contribution in [0.25, 0.3) is 10.9 Å². The van der Waals surface area contributed by atoms with Gasteiger partial charge in [-0.25, -0.2) is 13.0 Å². The molecular formula is C21H23N3O4S. The van der Waals surface area contributed by atoms with Gasteiger partial charge in [0.25, 0.3) is 0 Å². The fraction of sp³-hybridized carbons (Fsp3) is 0.238. The van der Waals surface area contributed by atoms with Crippen LogP contribution in [0.2, 0.25) is 0 Å². The van der Waals surface area contributed by atoms with Crippen LogP contribution in [0.1, 0.15) is 18.1 Å². The minimum Gasteiger partial charge on any atom is -0.726 e. The van der Waals surface area contributed by atoms with E-state index in [-0.39, 0.29) is 0 Å². The number of fused-ring (bicyclic) bond motifs is 2. The molecule has 0 amide bonds. The van der Waals surface area contributed by atoms with Crippen molar-refractivity contribution in [2.75, 3.05) is 12.1 Å². The Morgan fingerprint density at radius 3 is 2.55 bits per heavy atom. The van der Waals surface area contributed by atoms with E-state index in [0.29, 0.717) is 6.04 Å². The van der Waals surface area contributed by atoms with Crippen LogP contribution in [0.3, 0.4) is 0 Å². The predicted octanol–water partition coefficient (Wildman–Crippen LogP) is 2.54. The Bertz CT molecular complexity index is 1150. The number of benzene rings is 2. The second-order valence-corrected chi connectivity index (χ2v) is 7.89. The Morgan fingerprint density at radius 2 is 1.83 bits per heavy atom. The quantitative estimate of drug-likeness (QED) is 0.285. The Labute approximate surface area is 170 Å². The van der Waals surface area contributed by atoms with Crippen LogP contribution in [-0.4, -0.2) is 32.3 Å². The largest absolute Gasteiger partial charge is 0.726 e. The van der Waals surface area contributed by atoms with Gasteiger partial charge in [0.1, 0.15) is 7.05 Å². The number of pyridine rings is 1. The van der Waals surface area contributed by atoms with Gasteiger partial charge in [0.15, 0.2) is 6.20 Å². The van der Waals surface area contributed by atoms with E-state index >= 15 is 0 Å². The molecule has 0 bridgehead atoms. The molecule has 0 spiro atoms. The van der Waals surface area contributed by atoms with Crippen molar-refractivity contribution in [3.63, 3.8) is 0 Å². The zero-order valence-electron chi connectivity index (χ0n) is 16.5. The van der Waals surface area contributed by atoms with Gasteiger partial charge in [-0.1, -0.05) is 30.3 Å². The van der Waals surface area contributed by atoms with Crippen LogP contribution in [0.5, 0.6) is 0 Å². The second kappa shape index (κ2) is 8.69. The number of aromatic nitrogens is 1. The minimum atomic E-state index is -4.41. The first-order chi connectivity index (χ1) is 13.8. The summed E-state index contributed by atoms with van der Waals surface area (Å²) in [7, 11) is -1.53. The smallest absolute Gasteiger partial charge is 0.217 e. The molecule has 0 fully saturated rings. The summed E-state index contributed by atoms with van der Waals surface area (Å²) in [6.45, 7) is 2.22. The van der Waals surface area contributed by atoms with E-state index < -0.39 is 10.4 Å². The lowest BCUT2D eigenvalue weighted by molar-refractivity contribution is -0.644. The Hall–Kier alpha value is -2.81. The topological polar surface area (TPSA) is 85.9 Å². The van der Waals surface area contributed by atoms with Crippen LogP contribution >= 0.6 is 0 Å². The molecule has 1 aromatic heterocycles. The van der Waals surface area contributed by atoms with E-state index in [1.165, 1.54) is 22.2 Å². The molecule has 4 rings (SSSR count). The maximum absolute atomic E-state index is 9.22. The fourth-order valence-electron chi connectivity index (χ4n) is 3.35. The first-order valence-corrected chi connectivity index (χ1v) is 10.4. The average Bonchev–Trinajstić information content (AvgIpc) is 3.03. The molecular weight excluding hydrogens is 390 g/mol. The normalized spacial score (nSPS) is 16.0. The Kier molecular flexibility index (Phi) is 6.26. The molecule has 0 saturated heterocycles. The Balaban J connectivity index is 0.000000353. The highest BCUT2D eigenvalue weighted by atomic mass is 32.3. The Morgan fingerprint density at radius 1 is 1.17 bits per heavy atom. The van der Waals surface area contributed by atoms with Crippen molar-refractivity contribution >= 4 is 33.2 Å². The summed E-state index contributed by atoms with van der Waals surface area (Å²) in [5.74, 6) is 0. The first-order valence-electron chi connectivity index (χ1n) is 9.10. The molecule has 1 aliphatic heterocycles. The van der Waals surface area contributed by atoms with Crippen molar-refractivity contribution in [2.24, 2.45) is 12.1 Å². The lowest BCUT2D eigenvalue weighted by atomic mass is 10.1. The molecule has 2 heterocycles. The molecule has 0 aliphatic carbocycles. The summed E-state index contributed by atoms with van der Waals surface area (Å²) in [5.41, 5.74) is 4.96. The van der Waals surface area contributed by atoms with Gasteiger partial charge in [0, 0.05) is 17.7 Å². The van der Waals surface area contributed by atoms with Crippen molar-refractivity contribution in [1.82, 2.24) is 0 Å². The molecule has 1 unspecified atom stereocenters. The van der Waals surface area contributed by atoms with Gasteiger partial charge in [0.2, 0.25) is 15.9 Å². The van der Waals surface area contributed by atoms with Gasteiger partial charge in [-0.05, 0) is 31.0 Å². The van der Waals surface area contributed by atoms with Crippen molar-refractivity contribution < 1.29 is 21.7 Å². The van der Waals surface area contributed by atoms with E-state index in [9.17, 15) is 13.0 Å². The highest BCUT2D eigenvalue weighted by Gasteiger charge is 2.24. The summed E-state index contributed by atoms with van der Waals surface area (Å²) in [5, 5.41) is 8.15. The standard InChI is InChI=1S/C20H20N3.CH4O4S/c1-15-13-16-7-3-5-9-19(16)23(15)21-14-17-11-12-22(2)20-10-6-4-8-18(17)20;1-5-6(2,3)4/h3-12,14-15H,13H2,1-2H3;1H3,(H,2,3,4)/q+1;/p-1. The second-order valence-electron chi connectivity index (χ2n) is 6.75. The number of aryl methyl sites for hydroxylation is 1. The van der Waals surface area contributed by atoms with Crippen LogP contribution < -0.4 is 9.58 Å². The van der Waals surface area contributed by atoms with Crippen molar-refractivity contribution in [2.45, 2.75) is 19.4 Å². The zero-order chi connectivity index (χ0) is 21.0. The van der Waals surface area contributed by atoms with E-state index in [1.54, 1.807) is 0 Å². The number of hydrogen-bond donors (Lipinski definition) is 0. The van der Waals surface area contributed by atoms with Gasteiger partial charge < -0.3 is 4.55 Å². The van der Waals surface area contributed by atoms with Crippen LogP contribution in [-0.2, 0) is 28.1 Å². The maximum atomic E-state index is 9.22. The lowest BCUT2D eigenvalue weighted by Gasteiger charge is -2.18. The van der Waals surface area contributed by atoms with E-state index in [1.807, 2.05) is 6.21 Å². The van der Waals surface area contributed by atoms with Crippen LogP contribution in [0, 0.1) is 0 Å². The predicted molar refractivity (Wildman–Crippen MR) is 112 cm³/mol. The molecule has 1 aliphatic rings. The van der Waals surface area contributed by atoms with Crippen molar-refractivity contribution in [3.8, 4) is 0 Å². The summed E-state index contributed by atoms with van der Waals surface area (Å²) < 4.78 is 33.2. The molecule has 152 valence electrons. The minimum absolute atomic E-state index is 0.398. The van der Waals surface area contributed by atoms with Gasteiger partial charge >= 0.3 is 0 Å². The van der Waals surface area contributed by atoms with E-state index in [4.69, 9.17) is 5.10 Å². The van der Waals surface area contributed by atoms with E-state index in [2.05, 4.69) is 88.5 Å². The summed E-state index contributed by atoms with van der Waals surface area (Å²) in [6, 6.07) is 19.5. The number of hydrogen-bond acceptors (Lipinski definition) is 6. The van der Waals surface area contributed by atoms with Gasteiger partial charge in [0.05, 0.1) is 30.4 Å². The average molecular weight is 413 g/mol.